The largest absolute Gasteiger partial charge is 0.417 e. The zero-order valence-corrected chi connectivity index (χ0v) is 12.6. The monoisotopic (exact) mass is 339 g/mol. The number of halogens is 4. The second kappa shape index (κ2) is 8.19. The molecule has 3 N–H and O–H groups in total. The van der Waals surface area contributed by atoms with Crippen LogP contribution in [0.3, 0.4) is 0 Å². The molecule has 0 radical (unpaired) electrons. The van der Waals surface area contributed by atoms with Crippen LogP contribution in [0.2, 0.25) is 5.02 Å². The van der Waals surface area contributed by atoms with E-state index in [0.717, 1.165) is 6.07 Å². The Balaban J connectivity index is 2.47. The average molecular weight is 340 g/mol. The quantitative estimate of drug-likeness (QED) is 0.713. The van der Waals surface area contributed by atoms with Crippen LogP contribution in [-0.4, -0.2) is 35.2 Å². The smallest absolute Gasteiger partial charge is 0.396 e. The van der Waals surface area contributed by atoms with Crippen molar-refractivity contribution < 1.29 is 23.1 Å². The Kier molecular flexibility index (Phi) is 6.89. The lowest BCUT2D eigenvalue weighted by molar-refractivity contribution is -0.137. The van der Waals surface area contributed by atoms with Crippen LogP contribution >= 0.6 is 11.6 Å². The molecule has 0 saturated carbocycles. The zero-order chi connectivity index (χ0) is 16.8. The number of alkyl halides is 3. The Bertz CT molecular complexity index is 512. The summed E-state index contributed by atoms with van der Waals surface area (Å²) < 4.78 is 37.4. The molecule has 124 valence electrons. The molecule has 1 amide bonds. The molecule has 0 aliphatic heterocycles. The molecule has 0 fully saturated rings. The molecule has 22 heavy (non-hydrogen) atoms. The lowest BCUT2D eigenvalue weighted by Crippen LogP contribution is -2.34. The van der Waals surface area contributed by atoms with Crippen molar-refractivity contribution in [3.8, 4) is 0 Å². The van der Waals surface area contributed by atoms with Gasteiger partial charge in [0.15, 0.2) is 0 Å². The van der Waals surface area contributed by atoms with Gasteiger partial charge >= 0.3 is 6.18 Å². The lowest BCUT2D eigenvalue weighted by Gasteiger charge is -2.13. The molecule has 0 bridgehead atoms. The van der Waals surface area contributed by atoms with Gasteiger partial charge in [0, 0.05) is 31.8 Å². The normalized spacial score (nSPS) is 12.8. The van der Waals surface area contributed by atoms with E-state index in [4.69, 9.17) is 16.7 Å². The van der Waals surface area contributed by atoms with Crippen LogP contribution in [0.5, 0.6) is 0 Å². The van der Waals surface area contributed by atoms with E-state index in [9.17, 15) is 18.0 Å². The van der Waals surface area contributed by atoms with Crippen molar-refractivity contribution in [3.05, 3.63) is 22.8 Å². The van der Waals surface area contributed by atoms with E-state index in [1.807, 2.05) is 0 Å². The van der Waals surface area contributed by atoms with E-state index in [1.165, 1.54) is 0 Å². The van der Waals surface area contributed by atoms with E-state index in [2.05, 4.69) is 15.6 Å². The predicted octanol–water partition coefficient (Wildman–Crippen LogP) is 2.44. The molecule has 0 aliphatic carbocycles. The molecule has 0 spiro atoms. The Morgan fingerprint density at radius 2 is 2.18 bits per heavy atom. The SMILES string of the molecule is CC(CCO)NC(=O)CCNc1ncc(C(F)(F)F)cc1Cl. The average Bonchev–Trinajstić information content (AvgIpc) is 2.39. The maximum absolute atomic E-state index is 12.5. The second-order valence-corrected chi connectivity index (χ2v) is 5.12. The van der Waals surface area contributed by atoms with Gasteiger partial charge < -0.3 is 15.7 Å². The number of hydrogen-bond donors (Lipinski definition) is 3. The number of nitrogens with zero attached hydrogens (tertiary/aromatic N) is 1. The molecule has 1 unspecified atom stereocenters. The van der Waals surface area contributed by atoms with Crippen molar-refractivity contribution in [1.82, 2.24) is 10.3 Å². The van der Waals surface area contributed by atoms with Gasteiger partial charge in [-0.3, -0.25) is 4.79 Å². The number of hydrogen-bond acceptors (Lipinski definition) is 4. The van der Waals surface area contributed by atoms with Crippen LogP contribution in [0.4, 0.5) is 19.0 Å². The summed E-state index contributed by atoms with van der Waals surface area (Å²) in [7, 11) is 0. The van der Waals surface area contributed by atoms with Gasteiger partial charge in [-0.2, -0.15) is 13.2 Å². The van der Waals surface area contributed by atoms with E-state index in [-0.39, 0.29) is 42.4 Å². The number of aromatic nitrogens is 1. The molecule has 9 heteroatoms. The summed E-state index contributed by atoms with van der Waals surface area (Å²) in [5, 5.41) is 13.9. The molecule has 5 nitrogen and oxygen atoms in total. The Labute approximate surface area is 130 Å². The van der Waals surface area contributed by atoms with Crippen LogP contribution in [0.1, 0.15) is 25.3 Å². The molecule has 0 aromatic carbocycles. The first-order valence-corrected chi connectivity index (χ1v) is 6.98. The summed E-state index contributed by atoms with van der Waals surface area (Å²) in [6.45, 7) is 1.91. The van der Waals surface area contributed by atoms with Gasteiger partial charge in [-0.25, -0.2) is 4.98 Å². The Morgan fingerprint density at radius 3 is 2.73 bits per heavy atom. The maximum atomic E-state index is 12.5. The minimum absolute atomic E-state index is 0.0230. The van der Waals surface area contributed by atoms with Gasteiger partial charge in [0.2, 0.25) is 5.91 Å². The summed E-state index contributed by atoms with van der Waals surface area (Å²) in [6.07, 6.45) is -3.27. The van der Waals surface area contributed by atoms with E-state index < -0.39 is 11.7 Å². The molecule has 1 atom stereocenters. The molecular weight excluding hydrogens is 323 g/mol. The number of amides is 1. The van der Waals surface area contributed by atoms with Crippen molar-refractivity contribution in [2.24, 2.45) is 0 Å². The topological polar surface area (TPSA) is 74.2 Å². The number of pyridine rings is 1. The van der Waals surface area contributed by atoms with Crippen LogP contribution < -0.4 is 10.6 Å². The third kappa shape index (κ3) is 6.07. The number of rotatable bonds is 7. The fraction of sp³-hybridized carbons (Fsp3) is 0.538. The fourth-order valence-corrected chi connectivity index (χ4v) is 1.86. The van der Waals surface area contributed by atoms with Crippen molar-refractivity contribution in [2.75, 3.05) is 18.5 Å². The van der Waals surface area contributed by atoms with E-state index >= 15 is 0 Å². The van der Waals surface area contributed by atoms with Gasteiger partial charge in [0.1, 0.15) is 5.82 Å². The van der Waals surface area contributed by atoms with E-state index in [0.29, 0.717) is 12.6 Å². The fourth-order valence-electron chi connectivity index (χ4n) is 1.63. The van der Waals surface area contributed by atoms with Gasteiger partial charge in [-0.05, 0) is 19.4 Å². The van der Waals surface area contributed by atoms with Crippen molar-refractivity contribution in [3.63, 3.8) is 0 Å². The second-order valence-electron chi connectivity index (χ2n) is 4.71. The summed E-state index contributed by atoms with van der Waals surface area (Å²) in [4.78, 5) is 15.2. The van der Waals surface area contributed by atoms with Gasteiger partial charge in [-0.1, -0.05) is 11.6 Å². The molecule has 1 heterocycles. The molecule has 1 aromatic rings. The molecule has 1 rings (SSSR count). The highest BCUT2D eigenvalue weighted by Gasteiger charge is 2.31. The number of carbonyl (C=O) groups excluding carboxylic acids is 1. The summed E-state index contributed by atoms with van der Waals surface area (Å²) in [5.41, 5.74) is -0.932. The Morgan fingerprint density at radius 1 is 1.50 bits per heavy atom. The van der Waals surface area contributed by atoms with Crippen LogP contribution in [0.25, 0.3) is 0 Å². The third-order valence-electron chi connectivity index (χ3n) is 2.78. The minimum atomic E-state index is -4.50. The summed E-state index contributed by atoms with van der Waals surface area (Å²) in [5.74, 6) is -0.151. The highest BCUT2D eigenvalue weighted by Crippen LogP contribution is 2.32. The van der Waals surface area contributed by atoms with Crippen molar-refractivity contribution >= 4 is 23.3 Å². The van der Waals surface area contributed by atoms with Crippen molar-refractivity contribution in [1.29, 1.82) is 0 Å². The zero-order valence-electron chi connectivity index (χ0n) is 11.9. The predicted molar refractivity (Wildman–Crippen MR) is 76.7 cm³/mol. The van der Waals surface area contributed by atoms with Gasteiger partial charge in [0.25, 0.3) is 0 Å². The first-order valence-electron chi connectivity index (χ1n) is 6.61. The molecule has 1 aromatic heterocycles. The number of nitrogens with one attached hydrogen (secondary N) is 2. The first-order chi connectivity index (χ1) is 10.2. The van der Waals surface area contributed by atoms with Gasteiger partial charge in [0.05, 0.1) is 10.6 Å². The van der Waals surface area contributed by atoms with Crippen LogP contribution in [0.15, 0.2) is 12.3 Å². The third-order valence-corrected chi connectivity index (χ3v) is 3.07. The van der Waals surface area contributed by atoms with E-state index in [1.54, 1.807) is 6.92 Å². The molecular formula is C13H17ClF3N3O2. The number of aliphatic hydroxyl groups is 1. The number of aliphatic hydroxyl groups excluding tert-OH is 1. The summed E-state index contributed by atoms with van der Waals surface area (Å²) in [6, 6.07) is 0.630. The molecule has 0 aliphatic rings. The Hall–Kier alpha value is -1.54. The van der Waals surface area contributed by atoms with Crippen LogP contribution in [0, 0.1) is 0 Å². The van der Waals surface area contributed by atoms with Gasteiger partial charge in [-0.15, -0.1) is 0 Å². The first kappa shape index (κ1) is 18.5. The lowest BCUT2D eigenvalue weighted by atomic mass is 10.2. The maximum Gasteiger partial charge on any atom is 0.417 e. The summed E-state index contributed by atoms with van der Waals surface area (Å²) >= 11 is 5.72. The number of anilines is 1. The standard InChI is InChI=1S/C13H17ClF3N3O2/c1-8(3-5-21)20-11(22)2-4-18-12-10(14)6-9(7-19-12)13(15,16)17/h6-8,21H,2-5H2,1H3,(H,18,19)(H,20,22). The molecule has 0 saturated heterocycles. The highest BCUT2D eigenvalue weighted by atomic mass is 35.5. The highest BCUT2D eigenvalue weighted by molar-refractivity contribution is 6.32. The van der Waals surface area contributed by atoms with Crippen LogP contribution in [-0.2, 0) is 11.0 Å². The van der Waals surface area contributed by atoms with Crippen molar-refractivity contribution in [2.45, 2.75) is 32.0 Å². The number of carbonyl (C=O) groups is 1. The minimum Gasteiger partial charge on any atom is -0.396 e.